The molecular weight excluding hydrogens is 326 g/mol. The van der Waals surface area contributed by atoms with E-state index in [9.17, 15) is 9.59 Å². The lowest BCUT2D eigenvalue weighted by Gasteiger charge is -2.16. The molecule has 0 aliphatic heterocycles. The van der Waals surface area contributed by atoms with Crippen molar-refractivity contribution in [2.45, 2.75) is 77.0 Å². The van der Waals surface area contributed by atoms with Gasteiger partial charge in [-0.15, -0.1) is 0 Å². The van der Waals surface area contributed by atoms with Crippen molar-refractivity contribution in [3.8, 4) is 0 Å². The Morgan fingerprint density at radius 3 is 1.46 bits per heavy atom. The molecule has 2 amide bonds. The average molecular weight is 357 g/mol. The van der Waals surface area contributed by atoms with Gasteiger partial charge in [0.15, 0.2) is 0 Å². The molecule has 2 N–H and O–H groups in total. The first kappa shape index (κ1) is 18.9. The van der Waals surface area contributed by atoms with Crippen molar-refractivity contribution in [3.63, 3.8) is 0 Å². The van der Waals surface area contributed by atoms with Crippen LogP contribution in [-0.4, -0.2) is 16.8 Å². The van der Waals surface area contributed by atoms with E-state index in [1.807, 2.05) is 6.07 Å². The highest BCUT2D eigenvalue weighted by atomic mass is 16.2. The van der Waals surface area contributed by atoms with Gasteiger partial charge in [0, 0.05) is 11.8 Å². The monoisotopic (exact) mass is 357 g/mol. The van der Waals surface area contributed by atoms with Gasteiger partial charge in [0.1, 0.15) is 0 Å². The van der Waals surface area contributed by atoms with Crippen LogP contribution >= 0.6 is 0 Å². The van der Waals surface area contributed by atoms with Crippen molar-refractivity contribution < 1.29 is 9.59 Å². The van der Waals surface area contributed by atoms with Crippen LogP contribution in [0.1, 0.15) is 77.0 Å². The van der Waals surface area contributed by atoms with Crippen molar-refractivity contribution in [1.29, 1.82) is 0 Å². The number of carbonyl (C=O) groups is 2. The van der Waals surface area contributed by atoms with Crippen LogP contribution in [0.25, 0.3) is 0 Å². The number of carbonyl (C=O) groups excluding carboxylic acids is 2. The second kappa shape index (κ2) is 9.70. The number of amides is 2. The predicted molar refractivity (Wildman–Crippen MR) is 104 cm³/mol. The Morgan fingerprint density at radius 1 is 0.692 bits per heavy atom. The molecule has 2 aliphatic rings. The number of hydrogen-bond acceptors (Lipinski definition) is 3. The van der Waals surface area contributed by atoms with Crippen LogP contribution in [0, 0.1) is 11.8 Å². The van der Waals surface area contributed by atoms with Crippen LogP contribution in [-0.2, 0) is 9.59 Å². The fourth-order valence-corrected chi connectivity index (χ4v) is 4.15. The van der Waals surface area contributed by atoms with Gasteiger partial charge in [-0.3, -0.25) is 14.6 Å². The van der Waals surface area contributed by atoms with E-state index in [2.05, 4.69) is 15.6 Å². The smallest absolute Gasteiger partial charge is 0.227 e. The van der Waals surface area contributed by atoms with E-state index in [4.69, 9.17) is 0 Å². The van der Waals surface area contributed by atoms with Crippen LogP contribution in [0.4, 0.5) is 11.4 Å². The molecule has 2 fully saturated rings. The second-order valence-electron chi connectivity index (χ2n) is 7.82. The van der Waals surface area contributed by atoms with Crippen LogP contribution < -0.4 is 10.6 Å². The van der Waals surface area contributed by atoms with Crippen LogP contribution in [0.5, 0.6) is 0 Å². The number of nitrogens with zero attached hydrogens (tertiary/aromatic N) is 1. The maximum Gasteiger partial charge on any atom is 0.227 e. The lowest BCUT2D eigenvalue weighted by molar-refractivity contribution is -0.121. The molecule has 0 aromatic carbocycles. The number of pyridine rings is 1. The Balaban J connectivity index is 1.57. The minimum Gasteiger partial charge on any atom is -0.324 e. The van der Waals surface area contributed by atoms with E-state index in [0.717, 1.165) is 51.4 Å². The summed E-state index contributed by atoms with van der Waals surface area (Å²) >= 11 is 0. The molecule has 0 unspecified atom stereocenters. The first-order valence-corrected chi connectivity index (χ1v) is 10.3. The first-order valence-electron chi connectivity index (χ1n) is 10.3. The summed E-state index contributed by atoms with van der Waals surface area (Å²) in [5.41, 5.74) is 1.33. The lowest BCUT2D eigenvalue weighted by atomic mass is 9.99. The van der Waals surface area contributed by atoms with E-state index >= 15 is 0 Å². The predicted octanol–water partition coefficient (Wildman–Crippen LogP) is 4.90. The van der Waals surface area contributed by atoms with E-state index in [0.29, 0.717) is 11.4 Å². The Hall–Kier alpha value is -1.91. The zero-order chi connectivity index (χ0) is 18.2. The highest BCUT2D eigenvalue weighted by molar-refractivity contribution is 5.95. The Bertz CT molecular complexity index is 552. The summed E-state index contributed by atoms with van der Waals surface area (Å²) in [5.74, 6) is 0.366. The van der Waals surface area contributed by atoms with Crippen molar-refractivity contribution in [1.82, 2.24) is 4.98 Å². The molecule has 0 spiro atoms. The van der Waals surface area contributed by atoms with Gasteiger partial charge >= 0.3 is 0 Å². The van der Waals surface area contributed by atoms with Gasteiger partial charge in [-0.1, -0.05) is 51.4 Å². The molecule has 3 rings (SSSR count). The van der Waals surface area contributed by atoms with Gasteiger partial charge in [0.05, 0.1) is 23.8 Å². The summed E-state index contributed by atoms with van der Waals surface area (Å²) in [6.07, 6.45) is 16.6. The standard InChI is InChI=1S/C21H31N3O2/c25-20(16-9-5-1-2-6-10-16)23-18-13-19(15-22-14-18)24-21(26)17-11-7-3-4-8-12-17/h13-17H,1-12H2,(H,23,25)(H,24,26). The Kier molecular flexibility index (Phi) is 7.04. The lowest BCUT2D eigenvalue weighted by Crippen LogP contribution is -2.23. The van der Waals surface area contributed by atoms with Crippen molar-refractivity contribution in [2.75, 3.05) is 10.6 Å². The van der Waals surface area contributed by atoms with Crippen LogP contribution in [0.2, 0.25) is 0 Å². The third-order valence-corrected chi connectivity index (χ3v) is 5.73. The average Bonchev–Trinajstić information content (AvgIpc) is 3.07. The number of hydrogen-bond donors (Lipinski definition) is 2. The van der Waals surface area contributed by atoms with Crippen molar-refractivity contribution in [2.24, 2.45) is 11.8 Å². The Morgan fingerprint density at radius 2 is 1.08 bits per heavy atom. The van der Waals surface area contributed by atoms with Gasteiger partial charge in [0.2, 0.25) is 11.8 Å². The Labute approximate surface area is 156 Å². The summed E-state index contributed by atoms with van der Waals surface area (Å²) in [5, 5.41) is 5.98. The van der Waals surface area contributed by atoms with E-state index < -0.39 is 0 Å². The minimum absolute atomic E-state index is 0.0842. The van der Waals surface area contributed by atoms with Crippen LogP contribution in [0.3, 0.4) is 0 Å². The topological polar surface area (TPSA) is 71.1 Å². The summed E-state index contributed by atoms with van der Waals surface area (Å²) < 4.78 is 0. The largest absolute Gasteiger partial charge is 0.324 e. The maximum atomic E-state index is 12.5. The molecule has 1 aromatic heterocycles. The molecule has 0 radical (unpaired) electrons. The normalized spacial score (nSPS) is 20.0. The van der Waals surface area contributed by atoms with Gasteiger partial charge in [-0.05, 0) is 31.7 Å². The van der Waals surface area contributed by atoms with Gasteiger partial charge in [-0.25, -0.2) is 0 Å². The molecular formula is C21H31N3O2. The summed E-state index contributed by atoms with van der Waals surface area (Å²) in [7, 11) is 0. The number of aromatic nitrogens is 1. The zero-order valence-electron chi connectivity index (χ0n) is 15.6. The first-order chi connectivity index (χ1) is 12.7. The fourth-order valence-electron chi connectivity index (χ4n) is 4.15. The molecule has 0 bridgehead atoms. The molecule has 142 valence electrons. The summed E-state index contributed by atoms with van der Waals surface area (Å²) in [6.45, 7) is 0. The molecule has 2 saturated carbocycles. The van der Waals surface area contributed by atoms with E-state index in [1.54, 1.807) is 12.4 Å². The highest BCUT2D eigenvalue weighted by Gasteiger charge is 2.22. The molecule has 5 nitrogen and oxygen atoms in total. The summed E-state index contributed by atoms with van der Waals surface area (Å²) in [4.78, 5) is 29.2. The maximum absolute atomic E-state index is 12.5. The number of anilines is 2. The molecule has 0 saturated heterocycles. The molecule has 5 heteroatoms. The summed E-state index contributed by atoms with van der Waals surface area (Å²) in [6, 6.07) is 1.82. The fraction of sp³-hybridized carbons (Fsp3) is 0.667. The van der Waals surface area contributed by atoms with Gasteiger partial charge in [0.25, 0.3) is 0 Å². The molecule has 2 aliphatic carbocycles. The second-order valence-corrected chi connectivity index (χ2v) is 7.82. The third-order valence-electron chi connectivity index (χ3n) is 5.73. The van der Waals surface area contributed by atoms with Gasteiger partial charge in [-0.2, -0.15) is 0 Å². The number of nitrogens with one attached hydrogen (secondary N) is 2. The highest BCUT2D eigenvalue weighted by Crippen LogP contribution is 2.26. The molecule has 0 atom stereocenters. The third kappa shape index (κ3) is 5.55. The zero-order valence-corrected chi connectivity index (χ0v) is 15.6. The van der Waals surface area contributed by atoms with Crippen LogP contribution in [0.15, 0.2) is 18.5 Å². The number of rotatable bonds is 4. The van der Waals surface area contributed by atoms with Crippen molar-refractivity contribution in [3.05, 3.63) is 18.5 Å². The van der Waals surface area contributed by atoms with E-state index in [-0.39, 0.29) is 23.7 Å². The quantitative estimate of drug-likeness (QED) is 0.753. The van der Waals surface area contributed by atoms with Crippen molar-refractivity contribution >= 4 is 23.2 Å². The molecule has 26 heavy (non-hydrogen) atoms. The van der Waals surface area contributed by atoms with Gasteiger partial charge < -0.3 is 10.6 Å². The molecule has 1 aromatic rings. The minimum atomic E-state index is 0.0842. The molecule has 1 heterocycles. The SMILES string of the molecule is O=C(Nc1cncc(NC(=O)C2CCCCCC2)c1)C1CCCCCC1. The van der Waals surface area contributed by atoms with E-state index in [1.165, 1.54) is 25.7 Å².